The molecule has 8 aromatic carbocycles. The Balaban J connectivity index is 1.47. The molecule has 0 spiro atoms. The molecule has 16 nitrogen and oxygen atoms in total. The zero-order valence-corrected chi connectivity index (χ0v) is 57.5. The molecule has 0 fully saturated rings. The van der Waals surface area contributed by atoms with Gasteiger partial charge in [0.2, 0.25) is 0 Å². The van der Waals surface area contributed by atoms with Crippen molar-refractivity contribution in [2.75, 3.05) is 0 Å². The van der Waals surface area contributed by atoms with E-state index < -0.39 is 102 Å². The predicted molar refractivity (Wildman–Crippen MR) is 345 cm³/mol. The number of carboxylic acids is 2. The van der Waals surface area contributed by atoms with Crippen LogP contribution in [0.5, 0.6) is 23.0 Å². The summed E-state index contributed by atoms with van der Waals surface area (Å²) in [6.07, 6.45) is -3.05. The van der Waals surface area contributed by atoms with E-state index >= 15 is 0 Å². The van der Waals surface area contributed by atoms with Gasteiger partial charge in [-0.1, -0.05) is 154 Å². The number of rotatable bonds is 16. The summed E-state index contributed by atoms with van der Waals surface area (Å²) >= 11 is 13.4. The molecule has 2 N–H and O–H groups in total. The van der Waals surface area contributed by atoms with E-state index in [1.165, 1.54) is 121 Å². The summed E-state index contributed by atoms with van der Waals surface area (Å²) in [4.78, 5) is 24.6. The first-order valence-electron chi connectivity index (χ1n) is 26.9. The molecule has 0 aromatic heterocycles. The van der Waals surface area contributed by atoms with Crippen LogP contribution < -0.4 is 16.7 Å². The van der Waals surface area contributed by atoms with Gasteiger partial charge in [0.05, 0.1) is 12.8 Å². The van der Waals surface area contributed by atoms with Crippen LogP contribution in [-0.4, -0.2) is 55.8 Å². The normalized spacial score (nSPS) is 13.1. The lowest BCUT2D eigenvalue weighted by molar-refractivity contribution is -0.137. The minimum atomic E-state index is -4.83. The Morgan fingerprint density at radius 3 is 0.705 bits per heavy atom. The predicted octanol–water partition coefficient (Wildman–Crippen LogP) is 14.3. The summed E-state index contributed by atoms with van der Waals surface area (Å²) in [5.74, 6) is -3.82. The molecule has 1 aliphatic carbocycles. The Morgan fingerprint density at radius 2 is 0.534 bits per heavy atom. The van der Waals surface area contributed by atoms with Crippen molar-refractivity contribution in [3.05, 3.63) is 230 Å². The molecule has 0 saturated carbocycles. The Bertz CT molecular complexity index is 4160. The molecule has 0 heterocycles. The van der Waals surface area contributed by atoms with Crippen LogP contribution in [0.1, 0.15) is 108 Å². The van der Waals surface area contributed by atoms with E-state index in [1.807, 2.05) is 41.5 Å². The molecule has 9 rings (SSSR count). The van der Waals surface area contributed by atoms with E-state index in [4.69, 9.17) is 16.7 Å². The van der Waals surface area contributed by atoms with Gasteiger partial charge in [-0.3, -0.25) is 9.59 Å². The number of aliphatic carboxylic acids is 2. The average Bonchev–Trinajstić information content (AvgIpc) is 1.51. The highest BCUT2D eigenvalue weighted by atomic mass is 79.9. The van der Waals surface area contributed by atoms with E-state index in [0.717, 1.165) is 0 Å². The van der Waals surface area contributed by atoms with Gasteiger partial charge in [0.1, 0.15) is 42.6 Å². The monoisotopic (exact) mass is 1520 g/mol. The largest absolute Gasteiger partial charge is 0.481 e. The van der Waals surface area contributed by atoms with Gasteiger partial charge in [0, 0.05) is 88.1 Å². The number of hydrogen-bond donors (Lipinski definition) is 2. The summed E-state index contributed by atoms with van der Waals surface area (Å²) in [5.41, 5.74) is 0.259. The fraction of sp³-hybridized carbons (Fsp3) is 0.219. The molecule has 0 unspecified atom stereocenters. The molecule has 0 atom stereocenters. The Labute approximate surface area is 545 Å². The van der Waals surface area contributed by atoms with Crippen LogP contribution in [0.3, 0.4) is 0 Å². The van der Waals surface area contributed by atoms with Crippen molar-refractivity contribution < 1.29 is 70.2 Å². The van der Waals surface area contributed by atoms with Gasteiger partial charge in [0.15, 0.2) is 0 Å². The van der Waals surface area contributed by atoms with Gasteiger partial charge >= 0.3 is 52.4 Å². The second-order valence-electron chi connectivity index (χ2n) is 23.0. The van der Waals surface area contributed by atoms with Gasteiger partial charge in [-0.2, -0.15) is 33.7 Å². The summed E-state index contributed by atoms with van der Waals surface area (Å²) < 4.78 is 146. The SMILES string of the molecule is CC(C)(C)c1cc2c(OS(=O)(=O)c3ccc(Br)cc3)c(c1)Cc1cc(CC(=O)O)cc(c1OS(=O)(=O)c1ccc(Br)cc1)Cc1cc(C(C)(C)C)cc(c1OS(=O)(=O)c1ccc(Br)cc1)Cc1cc(CC(=O)O)cc(c1OS(=O)(=O)c1ccc(Br)cc1)C2. The minimum Gasteiger partial charge on any atom is -0.481 e. The molecular weight excluding hydrogens is 1470 g/mol. The summed E-state index contributed by atoms with van der Waals surface area (Å²) in [6, 6.07) is 34.8. The van der Waals surface area contributed by atoms with Gasteiger partial charge in [0.25, 0.3) is 0 Å². The molecule has 88 heavy (non-hydrogen) atoms. The van der Waals surface area contributed by atoms with Gasteiger partial charge < -0.3 is 26.9 Å². The maximum absolute atomic E-state index is 14.9. The van der Waals surface area contributed by atoms with Crippen molar-refractivity contribution in [3.8, 4) is 23.0 Å². The first-order valence-corrected chi connectivity index (χ1v) is 35.7. The van der Waals surface area contributed by atoms with E-state index in [0.29, 0.717) is 29.0 Å². The third-order valence-electron chi connectivity index (χ3n) is 14.2. The average molecular weight is 1530 g/mol. The van der Waals surface area contributed by atoms with Crippen molar-refractivity contribution in [2.45, 2.75) is 110 Å². The van der Waals surface area contributed by atoms with E-state index in [1.54, 1.807) is 24.3 Å². The van der Waals surface area contributed by atoms with Crippen molar-refractivity contribution in [1.29, 1.82) is 0 Å². The fourth-order valence-electron chi connectivity index (χ4n) is 9.92. The van der Waals surface area contributed by atoms with Crippen LogP contribution in [0.2, 0.25) is 0 Å². The lowest BCUT2D eigenvalue weighted by atomic mass is 9.81. The van der Waals surface area contributed by atoms with Crippen molar-refractivity contribution in [2.24, 2.45) is 0 Å². The Morgan fingerprint density at radius 1 is 0.352 bits per heavy atom. The molecule has 8 bridgehead atoms. The molecule has 460 valence electrons. The number of carboxylic acid groups (broad SMARTS) is 2. The third kappa shape index (κ3) is 15.6. The van der Waals surface area contributed by atoms with Crippen molar-refractivity contribution >= 4 is 116 Å². The number of benzene rings is 8. The van der Waals surface area contributed by atoms with Crippen LogP contribution in [0.15, 0.2) is 183 Å². The molecule has 24 heteroatoms. The van der Waals surface area contributed by atoms with Crippen molar-refractivity contribution in [3.63, 3.8) is 0 Å². The fourth-order valence-corrected chi connectivity index (χ4v) is 15.0. The van der Waals surface area contributed by atoms with Crippen LogP contribution in [-0.2, 0) is 99.4 Å². The zero-order chi connectivity index (χ0) is 64.1. The highest BCUT2D eigenvalue weighted by Crippen LogP contribution is 2.45. The molecular formula is C64H56Br4O16S4. The molecule has 0 saturated heterocycles. The lowest BCUT2D eigenvalue weighted by Gasteiger charge is -2.27. The highest BCUT2D eigenvalue weighted by molar-refractivity contribution is 9.11. The quantitative estimate of drug-likeness (QED) is 0.0854. The molecule has 8 aromatic rings. The third-order valence-corrected chi connectivity index (χ3v) is 21.3. The number of carbonyl (C=O) groups is 2. The number of fused-ring (bicyclic) bond motifs is 8. The first kappa shape index (κ1) is 66.0. The standard InChI is InChI=1S/C64H56Br4O16S4/c1-63(2,3)47-33-43-29-39-23-37(27-57(69)70)25-41(59(39)81-85(73,74)53-15-7-49(65)8-16-53)31-45-35-48(64(4,5)6)36-46(62(45)84-88(79,80)56-21-13-52(68)14-22-56)32-42-26-38(28-58(71)72)24-40(60(42)82-86(75,76)54-17-9-50(66)10-18-54)30-44(34-47)61(43)83-87(77,78)55-19-11-51(67)12-20-55/h7-26,33-36H,27-32H2,1-6H3,(H,69,70)(H,71,72). The van der Waals surface area contributed by atoms with E-state index in [9.17, 15) is 53.5 Å². The van der Waals surface area contributed by atoms with E-state index in [-0.39, 0.29) is 98.2 Å². The van der Waals surface area contributed by atoms with Gasteiger partial charge in [-0.25, -0.2) is 0 Å². The summed E-state index contributed by atoms with van der Waals surface area (Å²) in [7, 11) is -19.3. The van der Waals surface area contributed by atoms with Crippen LogP contribution >= 0.6 is 63.7 Å². The first-order chi connectivity index (χ1) is 41.0. The Hall–Kier alpha value is -6.38. The van der Waals surface area contributed by atoms with Crippen LogP contribution in [0.25, 0.3) is 0 Å². The van der Waals surface area contributed by atoms with Gasteiger partial charge in [-0.05, 0) is 130 Å². The van der Waals surface area contributed by atoms with E-state index in [2.05, 4.69) is 63.7 Å². The highest BCUT2D eigenvalue weighted by Gasteiger charge is 2.34. The molecule has 0 radical (unpaired) electrons. The molecule has 1 aliphatic rings. The second-order valence-corrected chi connectivity index (χ2v) is 32.9. The lowest BCUT2D eigenvalue weighted by Crippen LogP contribution is -2.19. The molecule has 0 amide bonds. The summed E-state index contributed by atoms with van der Waals surface area (Å²) in [6.45, 7) is 11.3. The Kier molecular flexibility index (Phi) is 19.1. The number of hydrogen-bond acceptors (Lipinski definition) is 14. The van der Waals surface area contributed by atoms with Gasteiger partial charge in [-0.15, -0.1) is 0 Å². The topological polar surface area (TPSA) is 248 Å². The maximum Gasteiger partial charge on any atom is 0.339 e. The zero-order valence-electron chi connectivity index (χ0n) is 47.9. The van der Waals surface area contributed by atoms with Crippen LogP contribution in [0, 0.1) is 0 Å². The minimum absolute atomic E-state index is 0.0111. The van der Waals surface area contributed by atoms with Crippen molar-refractivity contribution in [1.82, 2.24) is 0 Å². The molecule has 0 aliphatic heterocycles. The van der Waals surface area contributed by atoms with Crippen LogP contribution in [0.4, 0.5) is 0 Å². The maximum atomic E-state index is 14.9. The second kappa shape index (κ2) is 25.5. The number of halogens is 4. The smallest absolute Gasteiger partial charge is 0.339 e. The summed E-state index contributed by atoms with van der Waals surface area (Å²) in [5, 5.41) is 21.0.